The van der Waals surface area contributed by atoms with E-state index in [0.717, 1.165) is 17.0 Å². The van der Waals surface area contributed by atoms with Gasteiger partial charge in [-0.25, -0.2) is 8.78 Å². The van der Waals surface area contributed by atoms with Crippen LogP contribution in [0.5, 0.6) is 0 Å². The average Bonchev–Trinajstić information content (AvgIpc) is 2.40. The van der Waals surface area contributed by atoms with Crippen molar-refractivity contribution in [2.24, 2.45) is 0 Å². The molecule has 2 atom stereocenters. The van der Waals surface area contributed by atoms with E-state index < -0.39 is 11.6 Å². The van der Waals surface area contributed by atoms with Gasteiger partial charge in [-0.1, -0.05) is 28.1 Å². The van der Waals surface area contributed by atoms with Crippen molar-refractivity contribution < 1.29 is 8.78 Å². The predicted molar refractivity (Wildman–Crippen MR) is 85.2 cm³/mol. The standard InChI is InChI=1S/C17H18BrF2N/c1-11(7-13-3-5-15(18)6-4-13)21-12(2)14-8-16(19)10-17(20)9-14/h3-6,8-12,21H,7H2,1-2H3. The second kappa shape index (κ2) is 7.14. The molecule has 0 amide bonds. The van der Waals surface area contributed by atoms with Crippen LogP contribution >= 0.6 is 15.9 Å². The number of hydrogen-bond donors (Lipinski definition) is 1. The van der Waals surface area contributed by atoms with Crippen LogP contribution in [0.4, 0.5) is 8.78 Å². The fourth-order valence-corrected chi connectivity index (χ4v) is 2.65. The quantitative estimate of drug-likeness (QED) is 0.796. The normalized spacial score (nSPS) is 14.0. The number of hydrogen-bond acceptors (Lipinski definition) is 1. The highest BCUT2D eigenvalue weighted by Crippen LogP contribution is 2.18. The molecule has 0 aliphatic rings. The maximum atomic E-state index is 13.2. The molecule has 0 heterocycles. The lowest BCUT2D eigenvalue weighted by atomic mass is 10.0. The van der Waals surface area contributed by atoms with Gasteiger partial charge in [-0.15, -0.1) is 0 Å². The highest BCUT2D eigenvalue weighted by Gasteiger charge is 2.12. The van der Waals surface area contributed by atoms with Gasteiger partial charge in [0.2, 0.25) is 0 Å². The first kappa shape index (κ1) is 16.1. The zero-order valence-electron chi connectivity index (χ0n) is 12.0. The average molecular weight is 354 g/mol. The van der Waals surface area contributed by atoms with E-state index in [-0.39, 0.29) is 12.1 Å². The Morgan fingerprint density at radius 1 is 1.00 bits per heavy atom. The van der Waals surface area contributed by atoms with Gasteiger partial charge in [0.15, 0.2) is 0 Å². The third kappa shape index (κ3) is 4.90. The molecule has 0 fully saturated rings. The lowest BCUT2D eigenvalue weighted by Crippen LogP contribution is -2.30. The highest BCUT2D eigenvalue weighted by atomic mass is 79.9. The fraction of sp³-hybridized carbons (Fsp3) is 0.294. The van der Waals surface area contributed by atoms with Gasteiger partial charge in [0.05, 0.1) is 0 Å². The highest BCUT2D eigenvalue weighted by molar-refractivity contribution is 9.10. The van der Waals surface area contributed by atoms with Crippen LogP contribution in [0.15, 0.2) is 46.9 Å². The molecular formula is C17H18BrF2N. The Morgan fingerprint density at radius 3 is 2.14 bits per heavy atom. The van der Waals surface area contributed by atoms with E-state index in [1.165, 1.54) is 17.7 Å². The molecule has 0 saturated heterocycles. The van der Waals surface area contributed by atoms with Crippen LogP contribution < -0.4 is 5.32 Å². The molecule has 2 aromatic rings. The Labute approximate surface area is 132 Å². The summed E-state index contributed by atoms with van der Waals surface area (Å²) in [7, 11) is 0. The predicted octanol–water partition coefficient (Wildman–Crippen LogP) is 5.01. The lowest BCUT2D eigenvalue weighted by Gasteiger charge is -2.20. The van der Waals surface area contributed by atoms with Crippen molar-refractivity contribution in [2.45, 2.75) is 32.4 Å². The van der Waals surface area contributed by atoms with Crippen LogP contribution in [0.25, 0.3) is 0 Å². The van der Waals surface area contributed by atoms with E-state index in [2.05, 4.69) is 40.3 Å². The van der Waals surface area contributed by atoms with Gasteiger partial charge in [0, 0.05) is 22.6 Å². The van der Waals surface area contributed by atoms with Crippen molar-refractivity contribution in [3.63, 3.8) is 0 Å². The number of rotatable bonds is 5. The molecule has 21 heavy (non-hydrogen) atoms. The molecule has 0 radical (unpaired) electrons. The van der Waals surface area contributed by atoms with Gasteiger partial charge in [-0.05, 0) is 55.7 Å². The lowest BCUT2D eigenvalue weighted by molar-refractivity contribution is 0.471. The van der Waals surface area contributed by atoms with Crippen molar-refractivity contribution in [3.8, 4) is 0 Å². The molecule has 0 spiro atoms. The zero-order chi connectivity index (χ0) is 15.4. The van der Waals surface area contributed by atoms with Crippen LogP contribution in [0.3, 0.4) is 0 Å². The molecular weight excluding hydrogens is 336 g/mol. The third-order valence-corrected chi connectivity index (χ3v) is 3.90. The Hall–Kier alpha value is -1.26. The second-order valence-corrected chi connectivity index (χ2v) is 6.24. The molecule has 2 unspecified atom stereocenters. The topological polar surface area (TPSA) is 12.0 Å². The van der Waals surface area contributed by atoms with Crippen molar-refractivity contribution in [1.82, 2.24) is 5.32 Å². The number of halogens is 3. The molecule has 0 aliphatic carbocycles. The first-order valence-electron chi connectivity index (χ1n) is 6.90. The van der Waals surface area contributed by atoms with Crippen LogP contribution in [0.1, 0.15) is 31.0 Å². The summed E-state index contributed by atoms with van der Waals surface area (Å²) < 4.78 is 27.5. The molecule has 0 aliphatic heterocycles. The van der Waals surface area contributed by atoms with Gasteiger partial charge < -0.3 is 5.32 Å². The summed E-state index contributed by atoms with van der Waals surface area (Å²) in [5.41, 5.74) is 1.84. The molecule has 4 heteroatoms. The molecule has 0 saturated carbocycles. The summed E-state index contributed by atoms with van der Waals surface area (Å²) in [5, 5.41) is 3.37. The number of nitrogens with one attached hydrogen (secondary N) is 1. The summed E-state index contributed by atoms with van der Waals surface area (Å²) >= 11 is 3.41. The van der Waals surface area contributed by atoms with E-state index in [1.54, 1.807) is 0 Å². The van der Waals surface area contributed by atoms with Gasteiger partial charge in [0.25, 0.3) is 0 Å². The zero-order valence-corrected chi connectivity index (χ0v) is 13.6. The maximum absolute atomic E-state index is 13.2. The van der Waals surface area contributed by atoms with E-state index in [0.29, 0.717) is 5.56 Å². The molecule has 112 valence electrons. The molecule has 2 aromatic carbocycles. The Kier molecular flexibility index (Phi) is 5.48. The summed E-state index contributed by atoms with van der Waals surface area (Å²) in [5.74, 6) is -1.08. The van der Waals surface area contributed by atoms with Crippen LogP contribution in [-0.4, -0.2) is 6.04 Å². The summed E-state index contributed by atoms with van der Waals surface area (Å²) in [4.78, 5) is 0. The minimum atomic E-state index is -0.542. The molecule has 0 bridgehead atoms. The molecule has 2 rings (SSSR count). The second-order valence-electron chi connectivity index (χ2n) is 5.32. The van der Waals surface area contributed by atoms with E-state index in [4.69, 9.17) is 0 Å². The van der Waals surface area contributed by atoms with E-state index in [9.17, 15) is 8.78 Å². The Balaban J connectivity index is 1.98. The third-order valence-electron chi connectivity index (χ3n) is 3.37. The minimum absolute atomic E-state index is 0.111. The van der Waals surface area contributed by atoms with Gasteiger partial charge >= 0.3 is 0 Å². The SMILES string of the molecule is CC(Cc1ccc(Br)cc1)NC(C)c1cc(F)cc(F)c1. The first-order valence-corrected chi connectivity index (χ1v) is 7.70. The summed E-state index contributed by atoms with van der Waals surface area (Å²) in [6.45, 7) is 3.97. The summed E-state index contributed by atoms with van der Waals surface area (Å²) in [6, 6.07) is 11.9. The van der Waals surface area contributed by atoms with Crippen LogP contribution in [0, 0.1) is 11.6 Å². The monoisotopic (exact) mass is 353 g/mol. The minimum Gasteiger partial charge on any atom is -0.307 e. The largest absolute Gasteiger partial charge is 0.307 e. The summed E-state index contributed by atoms with van der Waals surface area (Å²) in [6.07, 6.45) is 0.857. The smallest absolute Gasteiger partial charge is 0.126 e. The van der Waals surface area contributed by atoms with Crippen LogP contribution in [-0.2, 0) is 6.42 Å². The molecule has 0 aromatic heterocycles. The van der Waals surface area contributed by atoms with Gasteiger partial charge in [-0.2, -0.15) is 0 Å². The molecule has 1 N–H and O–H groups in total. The molecule has 1 nitrogen and oxygen atoms in total. The fourth-order valence-electron chi connectivity index (χ4n) is 2.38. The first-order chi connectivity index (χ1) is 9.94. The number of benzene rings is 2. The van der Waals surface area contributed by atoms with E-state index in [1.807, 2.05) is 19.1 Å². The van der Waals surface area contributed by atoms with Gasteiger partial charge in [-0.3, -0.25) is 0 Å². The Bertz CT molecular complexity index is 578. The maximum Gasteiger partial charge on any atom is 0.126 e. The van der Waals surface area contributed by atoms with Crippen molar-refractivity contribution in [1.29, 1.82) is 0 Å². The van der Waals surface area contributed by atoms with Crippen molar-refractivity contribution in [2.75, 3.05) is 0 Å². The van der Waals surface area contributed by atoms with E-state index >= 15 is 0 Å². The van der Waals surface area contributed by atoms with Gasteiger partial charge in [0.1, 0.15) is 11.6 Å². The Morgan fingerprint density at radius 2 is 1.57 bits per heavy atom. The van der Waals surface area contributed by atoms with Crippen molar-refractivity contribution >= 4 is 15.9 Å². The van der Waals surface area contributed by atoms with Crippen molar-refractivity contribution in [3.05, 3.63) is 69.7 Å². The van der Waals surface area contributed by atoms with Crippen LogP contribution in [0.2, 0.25) is 0 Å².